The molecule has 2 heterocycles. The number of hydrogen-bond donors (Lipinski definition) is 0. The molecule has 0 N–H and O–H groups in total. The van der Waals surface area contributed by atoms with Gasteiger partial charge in [0.15, 0.2) is 0 Å². The molecule has 0 spiro atoms. The van der Waals surface area contributed by atoms with Crippen LogP contribution in [-0.4, -0.2) is 27.5 Å². The van der Waals surface area contributed by atoms with Crippen LogP contribution >= 0.6 is 0 Å². The molecular weight excluding hydrogens is 362 g/mol. The van der Waals surface area contributed by atoms with Crippen LogP contribution in [0, 0.1) is 6.92 Å². The minimum Gasteiger partial charge on any atom is -0.337 e. The standard InChI is InChI=1S/C24H27N3O2/c1-3-4-8-18-11-13-19(14-12-18)24(28)27-15-6-10-21(27)23-25-22(26-29-23)20-9-5-7-17(2)16-20/h5,7,9,11-14,16,21H,3-4,6,8,10,15H2,1-2H3/t21-/m0/s1. The van der Waals surface area contributed by atoms with E-state index < -0.39 is 0 Å². The second-order valence-electron chi connectivity index (χ2n) is 7.78. The van der Waals surface area contributed by atoms with Crippen LogP contribution in [-0.2, 0) is 6.42 Å². The van der Waals surface area contributed by atoms with Gasteiger partial charge in [-0.1, -0.05) is 54.4 Å². The molecular formula is C24H27N3O2. The fraction of sp³-hybridized carbons (Fsp3) is 0.375. The van der Waals surface area contributed by atoms with Crippen LogP contribution in [0.25, 0.3) is 11.4 Å². The maximum Gasteiger partial charge on any atom is 0.254 e. The number of aromatic nitrogens is 2. The predicted molar refractivity (Wildman–Crippen MR) is 113 cm³/mol. The maximum absolute atomic E-state index is 13.1. The van der Waals surface area contributed by atoms with Crippen molar-refractivity contribution in [1.29, 1.82) is 0 Å². The van der Waals surface area contributed by atoms with Crippen molar-refractivity contribution in [2.45, 2.75) is 52.0 Å². The van der Waals surface area contributed by atoms with E-state index in [-0.39, 0.29) is 11.9 Å². The van der Waals surface area contributed by atoms with Gasteiger partial charge in [-0.2, -0.15) is 4.98 Å². The number of hydrogen-bond acceptors (Lipinski definition) is 4. The highest BCUT2D eigenvalue weighted by Crippen LogP contribution is 2.33. The number of carbonyl (C=O) groups excluding carboxylic acids is 1. The molecule has 29 heavy (non-hydrogen) atoms. The van der Waals surface area contributed by atoms with Crippen molar-refractivity contribution in [2.75, 3.05) is 6.54 Å². The molecule has 1 aromatic heterocycles. The van der Waals surface area contributed by atoms with Gasteiger partial charge < -0.3 is 9.42 Å². The molecule has 1 aliphatic rings. The topological polar surface area (TPSA) is 59.2 Å². The number of amides is 1. The van der Waals surface area contributed by atoms with Crippen molar-refractivity contribution in [1.82, 2.24) is 15.0 Å². The van der Waals surface area contributed by atoms with E-state index in [4.69, 9.17) is 4.52 Å². The summed E-state index contributed by atoms with van der Waals surface area (Å²) in [5, 5.41) is 4.15. The van der Waals surface area contributed by atoms with Crippen molar-refractivity contribution >= 4 is 5.91 Å². The Morgan fingerprint density at radius 2 is 2.03 bits per heavy atom. The summed E-state index contributed by atoms with van der Waals surface area (Å²) >= 11 is 0. The Balaban J connectivity index is 1.51. The molecule has 1 aliphatic heterocycles. The molecule has 5 nitrogen and oxygen atoms in total. The molecule has 0 saturated carbocycles. The summed E-state index contributed by atoms with van der Waals surface area (Å²) in [6, 6.07) is 15.9. The zero-order valence-electron chi connectivity index (χ0n) is 17.1. The Bertz CT molecular complexity index is 978. The molecule has 0 unspecified atom stereocenters. The average Bonchev–Trinajstić information content (AvgIpc) is 3.41. The van der Waals surface area contributed by atoms with Crippen LogP contribution in [0.4, 0.5) is 0 Å². The van der Waals surface area contributed by atoms with Crippen LogP contribution in [0.5, 0.6) is 0 Å². The molecule has 0 bridgehead atoms. The van der Waals surface area contributed by atoms with Gasteiger partial charge >= 0.3 is 0 Å². The lowest BCUT2D eigenvalue weighted by Crippen LogP contribution is -2.30. The van der Waals surface area contributed by atoms with Crippen LogP contribution in [0.2, 0.25) is 0 Å². The minimum atomic E-state index is -0.159. The highest BCUT2D eigenvalue weighted by molar-refractivity contribution is 5.94. The molecule has 1 amide bonds. The van der Waals surface area contributed by atoms with E-state index in [1.807, 2.05) is 48.2 Å². The normalized spacial score (nSPS) is 16.3. The minimum absolute atomic E-state index is 0.0323. The average molecular weight is 389 g/mol. The zero-order chi connectivity index (χ0) is 20.2. The SMILES string of the molecule is CCCCc1ccc(C(=O)N2CCC[C@H]2c2nc(-c3cccc(C)c3)no2)cc1. The zero-order valence-corrected chi connectivity index (χ0v) is 17.1. The van der Waals surface area contributed by atoms with Gasteiger partial charge in [0.2, 0.25) is 11.7 Å². The first-order valence-electron chi connectivity index (χ1n) is 10.5. The van der Waals surface area contributed by atoms with Gasteiger partial charge in [-0.3, -0.25) is 4.79 Å². The quantitative estimate of drug-likeness (QED) is 0.569. The Morgan fingerprint density at radius 3 is 2.79 bits per heavy atom. The monoisotopic (exact) mass is 389 g/mol. The van der Waals surface area contributed by atoms with E-state index >= 15 is 0 Å². The highest BCUT2D eigenvalue weighted by Gasteiger charge is 2.34. The molecule has 1 saturated heterocycles. The fourth-order valence-corrected chi connectivity index (χ4v) is 3.90. The summed E-state index contributed by atoms with van der Waals surface area (Å²) < 4.78 is 5.57. The first-order valence-corrected chi connectivity index (χ1v) is 10.5. The molecule has 2 aromatic carbocycles. The number of aryl methyl sites for hydroxylation is 2. The highest BCUT2D eigenvalue weighted by atomic mass is 16.5. The summed E-state index contributed by atoms with van der Waals surface area (Å²) in [6.07, 6.45) is 5.18. The largest absolute Gasteiger partial charge is 0.337 e. The fourth-order valence-electron chi connectivity index (χ4n) is 3.90. The third-order valence-corrected chi connectivity index (χ3v) is 5.54. The van der Waals surface area contributed by atoms with E-state index in [2.05, 4.69) is 29.2 Å². The van der Waals surface area contributed by atoms with Gasteiger partial charge in [0.05, 0.1) is 0 Å². The second-order valence-corrected chi connectivity index (χ2v) is 7.78. The molecule has 0 aliphatic carbocycles. The van der Waals surface area contributed by atoms with E-state index in [1.54, 1.807) is 0 Å². The lowest BCUT2D eigenvalue weighted by atomic mass is 10.1. The lowest BCUT2D eigenvalue weighted by molar-refractivity contribution is 0.0710. The smallest absolute Gasteiger partial charge is 0.254 e. The van der Waals surface area contributed by atoms with Gasteiger partial charge in [-0.15, -0.1) is 0 Å². The van der Waals surface area contributed by atoms with Crippen LogP contribution in [0.15, 0.2) is 53.1 Å². The molecule has 1 atom stereocenters. The Hall–Kier alpha value is -2.95. The predicted octanol–water partition coefficient (Wildman–Crippen LogP) is 5.36. The van der Waals surface area contributed by atoms with E-state index in [1.165, 1.54) is 18.4 Å². The summed E-state index contributed by atoms with van der Waals surface area (Å²) in [6.45, 7) is 4.94. The van der Waals surface area contributed by atoms with Crippen LogP contribution in [0.1, 0.15) is 66.0 Å². The molecule has 4 rings (SSSR count). The molecule has 5 heteroatoms. The summed E-state index contributed by atoms with van der Waals surface area (Å²) in [5.41, 5.74) is 4.07. The van der Waals surface area contributed by atoms with Crippen molar-refractivity contribution in [2.24, 2.45) is 0 Å². The summed E-state index contributed by atoms with van der Waals surface area (Å²) in [7, 11) is 0. The first kappa shape index (κ1) is 19.4. The molecule has 0 radical (unpaired) electrons. The van der Waals surface area contributed by atoms with Gasteiger partial charge in [-0.05, 0) is 56.4 Å². The molecule has 150 valence electrons. The second kappa shape index (κ2) is 8.60. The number of rotatable bonds is 6. The number of unbranched alkanes of at least 4 members (excludes halogenated alkanes) is 1. The van der Waals surface area contributed by atoms with E-state index in [0.717, 1.165) is 36.0 Å². The Labute approximate surface area is 171 Å². The third-order valence-electron chi connectivity index (χ3n) is 5.54. The molecule has 3 aromatic rings. The number of carbonyl (C=O) groups is 1. The van der Waals surface area contributed by atoms with Crippen molar-refractivity contribution in [3.8, 4) is 11.4 Å². The van der Waals surface area contributed by atoms with Crippen molar-refractivity contribution in [3.63, 3.8) is 0 Å². The van der Waals surface area contributed by atoms with E-state index in [9.17, 15) is 4.79 Å². The van der Waals surface area contributed by atoms with E-state index in [0.29, 0.717) is 18.3 Å². The Morgan fingerprint density at radius 1 is 1.21 bits per heavy atom. The number of nitrogens with zero attached hydrogens (tertiary/aromatic N) is 3. The maximum atomic E-state index is 13.1. The van der Waals surface area contributed by atoms with Gasteiger partial charge in [0.1, 0.15) is 6.04 Å². The van der Waals surface area contributed by atoms with Gasteiger partial charge in [0.25, 0.3) is 5.91 Å². The van der Waals surface area contributed by atoms with Gasteiger partial charge in [-0.25, -0.2) is 0 Å². The van der Waals surface area contributed by atoms with Gasteiger partial charge in [0, 0.05) is 17.7 Å². The van der Waals surface area contributed by atoms with Crippen molar-refractivity contribution < 1.29 is 9.32 Å². The van der Waals surface area contributed by atoms with Crippen molar-refractivity contribution in [3.05, 3.63) is 71.1 Å². The third kappa shape index (κ3) is 4.24. The summed E-state index contributed by atoms with van der Waals surface area (Å²) in [5.74, 6) is 1.13. The summed E-state index contributed by atoms with van der Waals surface area (Å²) in [4.78, 5) is 19.6. The number of likely N-dealkylation sites (tertiary alicyclic amines) is 1. The Kier molecular flexibility index (Phi) is 5.74. The first-order chi connectivity index (χ1) is 14.2. The van der Waals surface area contributed by atoms with Crippen LogP contribution in [0.3, 0.4) is 0 Å². The molecule has 1 fully saturated rings. The van der Waals surface area contributed by atoms with Crippen LogP contribution < -0.4 is 0 Å². The number of benzene rings is 2. The lowest BCUT2D eigenvalue weighted by Gasteiger charge is -2.22.